The van der Waals surface area contributed by atoms with Crippen LogP contribution in [0.15, 0.2) is 36.4 Å². The Balaban J connectivity index is 1.97. The van der Waals surface area contributed by atoms with E-state index in [1.165, 1.54) is 24.3 Å². The first-order valence-corrected chi connectivity index (χ1v) is 8.42. The van der Waals surface area contributed by atoms with Crippen molar-refractivity contribution in [3.63, 3.8) is 0 Å². The normalized spacial score (nSPS) is 15.3. The van der Waals surface area contributed by atoms with Crippen molar-refractivity contribution in [3.8, 4) is 0 Å². The third kappa shape index (κ3) is 2.57. The van der Waals surface area contributed by atoms with Crippen molar-refractivity contribution < 1.29 is 18.1 Å². The molecule has 0 bridgehead atoms. The average Bonchev–Trinajstić information content (AvgIpc) is 2.63. The summed E-state index contributed by atoms with van der Waals surface area (Å²) >= 11 is 0. The van der Waals surface area contributed by atoms with Gasteiger partial charge in [-0.25, -0.2) is 9.97 Å². The van der Waals surface area contributed by atoms with E-state index in [0.717, 1.165) is 12.1 Å². The lowest BCUT2D eigenvalue weighted by Crippen LogP contribution is -2.33. The molecule has 2 heterocycles. The third-order valence-electron chi connectivity index (χ3n) is 5.11. The molecule has 1 aliphatic heterocycles. The van der Waals surface area contributed by atoms with Gasteiger partial charge in [-0.1, -0.05) is 0 Å². The lowest BCUT2D eigenvalue weighted by Gasteiger charge is -2.38. The molecule has 1 aromatic heterocycles. The molecule has 28 heavy (non-hydrogen) atoms. The van der Waals surface area contributed by atoms with Gasteiger partial charge in [0.05, 0.1) is 27.2 Å². The molecule has 144 valence electrons. The smallest absolute Gasteiger partial charge is 0.328 e. The number of hydrogen-bond donors (Lipinski definition) is 0. The third-order valence-corrected chi connectivity index (χ3v) is 5.11. The van der Waals surface area contributed by atoms with E-state index < -0.39 is 22.1 Å². The lowest BCUT2D eigenvalue weighted by atomic mass is 9.77. The molecular weight excluding hydrogens is 373 g/mol. The number of fused-ring (bicyclic) bond motifs is 3. The van der Waals surface area contributed by atoms with E-state index in [-0.39, 0.29) is 5.69 Å². The predicted molar refractivity (Wildman–Crippen MR) is 97.8 cm³/mol. The summed E-state index contributed by atoms with van der Waals surface area (Å²) in [6, 6.07) is 7.80. The summed E-state index contributed by atoms with van der Waals surface area (Å²) < 4.78 is 39.7. The summed E-state index contributed by atoms with van der Waals surface area (Å²) in [5.41, 5.74) is 0.619. The Morgan fingerprint density at radius 3 is 2.43 bits per heavy atom. The number of benzene rings is 2. The Morgan fingerprint density at radius 1 is 1.07 bits per heavy atom. The highest BCUT2D eigenvalue weighted by Gasteiger charge is 2.40. The van der Waals surface area contributed by atoms with E-state index in [4.69, 9.17) is 0 Å². The number of halogens is 3. The highest BCUT2D eigenvalue weighted by Crippen LogP contribution is 2.48. The Labute approximate surface area is 157 Å². The molecule has 0 saturated carbocycles. The Morgan fingerprint density at radius 2 is 1.79 bits per heavy atom. The molecule has 9 heteroatoms. The summed E-state index contributed by atoms with van der Waals surface area (Å²) in [5, 5.41) is 11.1. The van der Waals surface area contributed by atoms with Crippen LogP contribution < -0.4 is 4.90 Å². The summed E-state index contributed by atoms with van der Waals surface area (Å²) in [5.74, 6) is 0.513. The minimum Gasteiger partial charge on any atom is -0.328 e. The molecule has 4 rings (SSSR count). The molecule has 1 aliphatic rings. The molecule has 0 saturated heterocycles. The van der Waals surface area contributed by atoms with Crippen LogP contribution in [0.3, 0.4) is 0 Å². The van der Waals surface area contributed by atoms with Gasteiger partial charge < -0.3 is 4.90 Å². The number of nitro groups is 1. The monoisotopic (exact) mass is 388 g/mol. The molecule has 0 atom stereocenters. The largest absolute Gasteiger partial charge is 0.416 e. The fourth-order valence-corrected chi connectivity index (χ4v) is 3.55. The second-order valence-corrected chi connectivity index (χ2v) is 7.24. The molecule has 0 spiro atoms. The maximum atomic E-state index is 13.2. The van der Waals surface area contributed by atoms with Crippen LogP contribution in [-0.2, 0) is 11.6 Å². The van der Waals surface area contributed by atoms with Gasteiger partial charge in [0, 0.05) is 30.3 Å². The molecule has 0 N–H and O–H groups in total. The van der Waals surface area contributed by atoms with Gasteiger partial charge in [-0.2, -0.15) is 13.2 Å². The number of hydrogen-bond acceptors (Lipinski definition) is 5. The van der Waals surface area contributed by atoms with Gasteiger partial charge in [0.1, 0.15) is 0 Å². The van der Waals surface area contributed by atoms with E-state index in [2.05, 4.69) is 9.97 Å². The maximum absolute atomic E-state index is 13.2. The SMILES string of the molecule is CN1c2ccc(C(F)(F)F)cc2C(C)(C)c2nc3cc([N+](=O)[O-])ccc3nc21. The number of nitro benzene ring substituents is 1. The summed E-state index contributed by atoms with van der Waals surface area (Å²) in [4.78, 5) is 21.4. The highest BCUT2D eigenvalue weighted by atomic mass is 19.4. The van der Waals surface area contributed by atoms with Crippen molar-refractivity contribution in [3.05, 3.63) is 63.3 Å². The van der Waals surface area contributed by atoms with Crippen molar-refractivity contribution in [1.82, 2.24) is 9.97 Å². The first-order valence-electron chi connectivity index (χ1n) is 8.42. The minimum atomic E-state index is -4.46. The lowest BCUT2D eigenvalue weighted by molar-refractivity contribution is -0.384. The van der Waals surface area contributed by atoms with Crippen LogP contribution in [0.25, 0.3) is 11.0 Å². The maximum Gasteiger partial charge on any atom is 0.416 e. The number of alkyl halides is 3. The van der Waals surface area contributed by atoms with Crippen LogP contribution in [0.2, 0.25) is 0 Å². The van der Waals surface area contributed by atoms with E-state index in [1.807, 2.05) is 0 Å². The molecule has 0 radical (unpaired) electrons. The standard InChI is InChI=1S/C19H15F3N4O2/c1-18(2)12-8-10(19(20,21)22)4-7-15(12)25(3)17-16(18)23-14-9-11(26(27)28)5-6-13(14)24-17/h4-9H,1-3H3. The molecule has 0 unspecified atom stereocenters. The van der Waals surface area contributed by atoms with Crippen molar-refractivity contribution in [2.24, 2.45) is 0 Å². The molecule has 0 fully saturated rings. The molecule has 2 aromatic carbocycles. The van der Waals surface area contributed by atoms with Crippen molar-refractivity contribution in [1.29, 1.82) is 0 Å². The fraction of sp³-hybridized carbons (Fsp3) is 0.263. The van der Waals surface area contributed by atoms with Crippen LogP contribution in [0.5, 0.6) is 0 Å². The highest BCUT2D eigenvalue weighted by molar-refractivity contribution is 5.83. The first-order chi connectivity index (χ1) is 13.0. The molecular formula is C19H15F3N4O2. The van der Waals surface area contributed by atoms with Gasteiger partial charge >= 0.3 is 6.18 Å². The summed E-state index contributed by atoms with van der Waals surface area (Å²) in [7, 11) is 1.71. The van der Waals surface area contributed by atoms with Crippen molar-refractivity contribution in [2.45, 2.75) is 25.4 Å². The van der Waals surface area contributed by atoms with Gasteiger partial charge in [0.2, 0.25) is 0 Å². The number of nitrogens with zero attached hydrogens (tertiary/aromatic N) is 4. The summed E-state index contributed by atoms with van der Waals surface area (Å²) in [6.07, 6.45) is -4.46. The van der Waals surface area contributed by atoms with E-state index >= 15 is 0 Å². The summed E-state index contributed by atoms with van der Waals surface area (Å²) in [6.45, 7) is 3.55. The zero-order valence-corrected chi connectivity index (χ0v) is 15.2. The zero-order valence-electron chi connectivity index (χ0n) is 15.2. The van der Waals surface area contributed by atoms with Crippen LogP contribution in [0, 0.1) is 10.1 Å². The Hall–Kier alpha value is -3.23. The van der Waals surface area contributed by atoms with E-state index in [9.17, 15) is 23.3 Å². The topological polar surface area (TPSA) is 72.2 Å². The number of non-ortho nitro benzene ring substituents is 1. The zero-order chi connectivity index (χ0) is 20.4. The molecule has 6 nitrogen and oxygen atoms in total. The Bertz CT molecular complexity index is 1140. The Kier molecular flexibility index (Phi) is 3.65. The molecule has 0 amide bonds. The fourth-order valence-electron chi connectivity index (χ4n) is 3.55. The van der Waals surface area contributed by atoms with Crippen LogP contribution in [0.1, 0.15) is 30.7 Å². The first kappa shape index (κ1) is 18.1. The van der Waals surface area contributed by atoms with Crippen molar-refractivity contribution in [2.75, 3.05) is 11.9 Å². The van der Waals surface area contributed by atoms with Crippen LogP contribution in [-0.4, -0.2) is 21.9 Å². The molecule has 3 aromatic rings. The second-order valence-electron chi connectivity index (χ2n) is 7.24. The van der Waals surface area contributed by atoms with Crippen LogP contribution >= 0.6 is 0 Å². The number of aromatic nitrogens is 2. The van der Waals surface area contributed by atoms with Crippen LogP contribution in [0.4, 0.5) is 30.4 Å². The van der Waals surface area contributed by atoms with Gasteiger partial charge in [-0.15, -0.1) is 0 Å². The van der Waals surface area contributed by atoms with Gasteiger partial charge in [-0.05, 0) is 43.7 Å². The van der Waals surface area contributed by atoms with Crippen molar-refractivity contribution >= 4 is 28.2 Å². The average molecular weight is 388 g/mol. The number of rotatable bonds is 1. The predicted octanol–water partition coefficient (Wildman–Crippen LogP) is 4.96. The quantitative estimate of drug-likeness (QED) is 0.435. The number of anilines is 2. The minimum absolute atomic E-state index is 0.122. The van der Waals surface area contributed by atoms with E-state index in [1.54, 1.807) is 25.8 Å². The van der Waals surface area contributed by atoms with Gasteiger partial charge in [-0.3, -0.25) is 10.1 Å². The van der Waals surface area contributed by atoms with Gasteiger partial charge in [0.15, 0.2) is 5.82 Å². The van der Waals surface area contributed by atoms with Gasteiger partial charge in [0.25, 0.3) is 5.69 Å². The van der Waals surface area contributed by atoms with E-state index in [0.29, 0.717) is 33.8 Å². The molecule has 0 aliphatic carbocycles. The second kappa shape index (κ2) is 5.63.